The number of aromatic amines is 1. The summed E-state index contributed by atoms with van der Waals surface area (Å²) in [7, 11) is -0.443. The number of carboxylic acid groups (broad SMARTS) is 1. The highest BCUT2D eigenvalue weighted by Crippen LogP contribution is 2.36. The molecule has 116 valence electrons. The summed E-state index contributed by atoms with van der Waals surface area (Å²) in [5.74, 6) is -0.845. The van der Waals surface area contributed by atoms with Crippen molar-refractivity contribution in [3.05, 3.63) is 30.0 Å². The van der Waals surface area contributed by atoms with E-state index in [1.165, 1.54) is 0 Å². The highest BCUT2D eigenvalue weighted by molar-refractivity contribution is 6.62. The molecule has 6 heteroatoms. The van der Waals surface area contributed by atoms with Gasteiger partial charge in [0.15, 0.2) is 0 Å². The van der Waals surface area contributed by atoms with Crippen LogP contribution in [0.15, 0.2) is 24.4 Å². The Bertz CT molecular complexity index is 719. The molecule has 0 saturated carbocycles. The highest BCUT2D eigenvalue weighted by atomic mass is 16.7. The van der Waals surface area contributed by atoms with Gasteiger partial charge in [-0.1, -0.05) is 12.1 Å². The number of hydrogen-bond acceptors (Lipinski definition) is 3. The van der Waals surface area contributed by atoms with Gasteiger partial charge in [-0.25, -0.2) is 0 Å². The molecule has 0 aliphatic carbocycles. The van der Waals surface area contributed by atoms with Crippen LogP contribution in [-0.4, -0.2) is 34.4 Å². The van der Waals surface area contributed by atoms with Gasteiger partial charge in [-0.05, 0) is 44.8 Å². The van der Waals surface area contributed by atoms with Crippen LogP contribution in [0, 0.1) is 0 Å². The second-order valence-electron chi connectivity index (χ2n) is 6.78. The van der Waals surface area contributed by atoms with Gasteiger partial charge in [0.05, 0.1) is 17.6 Å². The first-order chi connectivity index (χ1) is 10.2. The van der Waals surface area contributed by atoms with Gasteiger partial charge in [0.2, 0.25) is 0 Å². The van der Waals surface area contributed by atoms with E-state index in [1.54, 1.807) is 6.20 Å². The number of H-pyrrole nitrogens is 1. The fourth-order valence-electron chi connectivity index (χ4n) is 2.63. The Balaban J connectivity index is 1.97. The molecule has 1 saturated heterocycles. The molecule has 2 aromatic rings. The molecule has 22 heavy (non-hydrogen) atoms. The molecular formula is C16H20BNO4. The fourth-order valence-corrected chi connectivity index (χ4v) is 2.63. The Hall–Kier alpha value is -1.79. The third kappa shape index (κ3) is 2.42. The molecule has 0 atom stereocenters. The summed E-state index contributed by atoms with van der Waals surface area (Å²) in [6.07, 6.45) is 1.74. The Labute approximate surface area is 129 Å². The first-order valence-corrected chi connectivity index (χ1v) is 7.37. The zero-order chi connectivity index (χ0) is 16.1. The van der Waals surface area contributed by atoms with E-state index >= 15 is 0 Å². The molecule has 0 bridgehead atoms. The first-order valence-electron chi connectivity index (χ1n) is 7.37. The minimum absolute atomic E-state index is 0.00712. The second kappa shape index (κ2) is 4.86. The van der Waals surface area contributed by atoms with Gasteiger partial charge in [-0.2, -0.15) is 0 Å². The van der Waals surface area contributed by atoms with Crippen molar-refractivity contribution in [1.82, 2.24) is 4.98 Å². The summed E-state index contributed by atoms with van der Waals surface area (Å²) in [6, 6.07) is 5.83. The average Bonchev–Trinajstić information content (AvgIpc) is 2.88. The van der Waals surface area contributed by atoms with Crippen LogP contribution in [0.3, 0.4) is 0 Å². The molecule has 1 aromatic heterocycles. The van der Waals surface area contributed by atoms with Crippen LogP contribution < -0.4 is 5.46 Å². The molecule has 0 unspecified atom stereocenters. The molecule has 1 aliphatic rings. The molecule has 5 nitrogen and oxygen atoms in total. The van der Waals surface area contributed by atoms with Gasteiger partial charge in [0.25, 0.3) is 0 Å². The molecule has 1 aliphatic heterocycles. The maximum atomic E-state index is 11.0. The van der Waals surface area contributed by atoms with Crippen LogP contribution in [0.2, 0.25) is 0 Å². The van der Waals surface area contributed by atoms with Gasteiger partial charge in [0, 0.05) is 17.1 Å². The lowest BCUT2D eigenvalue weighted by atomic mass is 9.78. The molecular weight excluding hydrogens is 281 g/mol. The maximum absolute atomic E-state index is 11.0. The standard InChI is InChI=1S/C16H20BNO4/c1-15(2)16(3,4)22-17(21-15)11-5-6-13-12(8-11)10(9-18-13)7-14(19)20/h5-6,8-9,18H,7H2,1-4H3,(H,19,20). The molecule has 0 spiro atoms. The smallest absolute Gasteiger partial charge is 0.481 e. The lowest BCUT2D eigenvalue weighted by Crippen LogP contribution is -2.41. The molecule has 2 heterocycles. The number of rotatable bonds is 3. The summed E-state index contributed by atoms with van der Waals surface area (Å²) in [5.41, 5.74) is 1.79. The highest BCUT2D eigenvalue weighted by Gasteiger charge is 2.51. The zero-order valence-electron chi connectivity index (χ0n) is 13.3. The predicted molar refractivity (Wildman–Crippen MR) is 85.4 cm³/mol. The number of carbonyl (C=O) groups is 1. The van der Waals surface area contributed by atoms with E-state index in [2.05, 4.69) is 4.98 Å². The van der Waals surface area contributed by atoms with Gasteiger partial charge in [0.1, 0.15) is 0 Å². The van der Waals surface area contributed by atoms with Gasteiger partial charge < -0.3 is 19.4 Å². The zero-order valence-corrected chi connectivity index (χ0v) is 13.3. The summed E-state index contributed by atoms with van der Waals surface area (Å²) < 4.78 is 12.1. The van der Waals surface area contributed by atoms with E-state index in [4.69, 9.17) is 14.4 Å². The van der Waals surface area contributed by atoms with Gasteiger partial charge >= 0.3 is 13.1 Å². The Morgan fingerprint density at radius 3 is 2.45 bits per heavy atom. The number of benzene rings is 1. The molecule has 2 N–H and O–H groups in total. The normalized spacial score (nSPS) is 19.7. The number of carboxylic acids is 1. The molecule has 3 rings (SSSR count). The van der Waals surface area contributed by atoms with Gasteiger partial charge in [-0.15, -0.1) is 0 Å². The van der Waals surface area contributed by atoms with Crippen molar-refractivity contribution in [3.63, 3.8) is 0 Å². The molecule has 1 aromatic carbocycles. The van der Waals surface area contributed by atoms with Crippen molar-refractivity contribution in [2.75, 3.05) is 0 Å². The van der Waals surface area contributed by atoms with E-state index in [9.17, 15) is 4.79 Å². The number of hydrogen-bond donors (Lipinski definition) is 2. The third-order valence-electron chi connectivity index (χ3n) is 4.66. The monoisotopic (exact) mass is 301 g/mol. The van der Waals surface area contributed by atoms with Gasteiger partial charge in [-0.3, -0.25) is 4.79 Å². The average molecular weight is 301 g/mol. The summed E-state index contributed by atoms with van der Waals surface area (Å²) >= 11 is 0. The summed E-state index contributed by atoms with van der Waals surface area (Å²) in [4.78, 5) is 14.1. The van der Waals surface area contributed by atoms with Crippen LogP contribution in [0.4, 0.5) is 0 Å². The third-order valence-corrected chi connectivity index (χ3v) is 4.66. The lowest BCUT2D eigenvalue weighted by molar-refractivity contribution is -0.136. The Morgan fingerprint density at radius 1 is 1.23 bits per heavy atom. The second-order valence-corrected chi connectivity index (χ2v) is 6.78. The van der Waals surface area contributed by atoms with Crippen molar-refractivity contribution < 1.29 is 19.2 Å². The number of nitrogens with one attached hydrogen (secondary N) is 1. The van der Waals surface area contributed by atoms with Crippen molar-refractivity contribution in [1.29, 1.82) is 0 Å². The summed E-state index contributed by atoms with van der Waals surface area (Å²) in [6.45, 7) is 8.05. The van der Waals surface area contributed by atoms with Crippen LogP contribution >= 0.6 is 0 Å². The van der Waals surface area contributed by atoms with Crippen LogP contribution in [0.1, 0.15) is 33.3 Å². The minimum atomic E-state index is -0.845. The van der Waals surface area contributed by atoms with Crippen molar-refractivity contribution in [2.24, 2.45) is 0 Å². The van der Waals surface area contributed by atoms with E-state index in [0.29, 0.717) is 0 Å². The minimum Gasteiger partial charge on any atom is -0.481 e. The van der Waals surface area contributed by atoms with Crippen molar-refractivity contribution in [2.45, 2.75) is 45.3 Å². The molecule has 0 amide bonds. The van der Waals surface area contributed by atoms with Crippen LogP contribution in [0.5, 0.6) is 0 Å². The van der Waals surface area contributed by atoms with Crippen molar-refractivity contribution in [3.8, 4) is 0 Å². The number of aliphatic carboxylic acids is 1. The Kier molecular flexibility index (Phi) is 3.34. The maximum Gasteiger partial charge on any atom is 0.494 e. The Morgan fingerprint density at radius 2 is 1.86 bits per heavy atom. The SMILES string of the molecule is CC1(C)OB(c2ccc3[nH]cc(CC(=O)O)c3c2)OC1(C)C. The quantitative estimate of drug-likeness (QED) is 0.852. The summed E-state index contributed by atoms with van der Waals surface area (Å²) in [5, 5.41) is 9.90. The lowest BCUT2D eigenvalue weighted by Gasteiger charge is -2.32. The van der Waals surface area contributed by atoms with Crippen molar-refractivity contribution >= 4 is 29.5 Å². The predicted octanol–water partition coefficient (Wildman–Crippen LogP) is 2.09. The largest absolute Gasteiger partial charge is 0.494 e. The molecule has 0 radical (unpaired) electrons. The van der Waals surface area contributed by atoms with E-state index in [-0.39, 0.29) is 6.42 Å². The first kappa shape index (κ1) is 15.1. The van der Waals surface area contributed by atoms with E-state index < -0.39 is 24.3 Å². The fraction of sp³-hybridized carbons (Fsp3) is 0.438. The molecule has 1 fully saturated rings. The van der Waals surface area contributed by atoms with E-state index in [1.807, 2.05) is 45.9 Å². The number of fused-ring (bicyclic) bond motifs is 1. The topological polar surface area (TPSA) is 71.6 Å². The van der Waals surface area contributed by atoms with E-state index in [0.717, 1.165) is 21.9 Å². The van der Waals surface area contributed by atoms with Crippen LogP contribution in [0.25, 0.3) is 10.9 Å². The van der Waals surface area contributed by atoms with Crippen LogP contribution in [-0.2, 0) is 20.5 Å². The number of aromatic nitrogens is 1.